The van der Waals surface area contributed by atoms with Gasteiger partial charge in [-0.05, 0) is 66.1 Å². The van der Waals surface area contributed by atoms with Crippen LogP contribution in [-0.2, 0) is 9.31 Å². The Labute approximate surface area is 129 Å². The highest BCUT2D eigenvalue weighted by molar-refractivity contribution is 6.62. The van der Waals surface area contributed by atoms with Crippen molar-refractivity contribution in [1.82, 2.24) is 4.98 Å². The van der Waals surface area contributed by atoms with Crippen LogP contribution in [0.3, 0.4) is 0 Å². The summed E-state index contributed by atoms with van der Waals surface area (Å²) in [6.45, 7) is 14.8. The molecule has 0 spiro atoms. The van der Waals surface area contributed by atoms with Crippen molar-refractivity contribution >= 4 is 18.4 Å². The molecule has 2 heterocycles. The second-order valence-corrected chi connectivity index (χ2v) is 7.77. The first-order valence-electron chi connectivity index (χ1n) is 7.49. The predicted molar refractivity (Wildman–Crippen MR) is 88.1 cm³/mol. The molecule has 2 rings (SSSR count). The zero-order chi connectivity index (χ0) is 16.1. The molecule has 5 heteroatoms. The van der Waals surface area contributed by atoms with E-state index in [0.717, 1.165) is 11.3 Å². The van der Waals surface area contributed by atoms with Gasteiger partial charge in [0.2, 0.25) is 0 Å². The Hall–Kier alpha value is -1.07. The van der Waals surface area contributed by atoms with Gasteiger partial charge in [-0.25, -0.2) is 4.98 Å². The minimum absolute atomic E-state index is 0.0154. The first-order valence-corrected chi connectivity index (χ1v) is 7.49. The molecule has 0 atom stereocenters. The van der Waals surface area contributed by atoms with E-state index in [4.69, 9.17) is 9.31 Å². The molecule has 0 aliphatic carbocycles. The van der Waals surface area contributed by atoms with E-state index in [-0.39, 0.29) is 23.9 Å². The molecule has 1 fully saturated rings. The average Bonchev–Trinajstić information content (AvgIpc) is 2.57. The number of hydrogen-bond acceptors (Lipinski definition) is 4. The molecule has 116 valence electrons. The Kier molecular flexibility index (Phi) is 3.88. The van der Waals surface area contributed by atoms with E-state index >= 15 is 0 Å². The highest BCUT2D eigenvalue weighted by atomic mass is 16.7. The van der Waals surface area contributed by atoms with E-state index in [1.165, 1.54) is 0 Å². The second-order valence-electron chi connectivity index (χ2n) is 7.77. The Morgan fingerprint density at radius 2 is 1.62 bits per heavy atom. The van der Waals surface area contributed by atoms with Gasteiger partial charge in [0.1, 0.15) is 5.82 Å². The molecule has 0 bridgehead atoms. The molecular formula is C16H27BN2O2. The maximum atomic E-state index is 6.10. The smallest absolute Gasteiger partial charge is 0.399 e. The first-order chi connectivity index (χ1) is 9.44. The molecule has 4 nitrogen and oxygen atoms in total. The molecule has 1 aliphatic heterocycles. The van der Waals surface area contributed by atoms with Crippen LogP contribution in [0.15, 0.2) is 18.3 Å². The highest BCUT2D eigenvalue weighted by Crippen LogP contribution is 2.36. The first kappa shape index (κ1) is 16.3. The third-order valence-corrected chi connectivity index (χ3v) is 4.64. The number of aromatic nitrogens is 1. The fraction of sp³-hybridized carbons (Fsp3) is 0.688. The van der Waals surface area contributed by atoms with E-state index in [0.29, 0.717) is 0 Å². The molecule has 0 amide bonds. The number of anilines is 1. The van der Waals surface area contributed by atoms with Gasteiger partial charge in [0, 0.05) is 18.8 Å². The lowest BCUT2D eigenvalue weighted by Gasteiger charge is -2.33. The lowest BCUT2D eigenvalue weighted by Crippen LogP contribution is -2.41. The van der Waals surface area contributed by atoms with Gasteiger partial charge >= 0.3 is 7.12 Å². The Bertz CT molecular complexity index is 507. The second kappa shape index (κ2) is 4.99. The van der Waals surface area contributed by atoms with E-state index < -0.39 is 0 Å². The van der Waals surface area contributed by atoms with Crippen molar-refractivity contribution < 1.29 is 9.31 Å². The number of pyridine rings is 1. The zero-order valence-corrected chi connectivity index (χ0v) is 14.5. The van der Waals surface area contributed by atoms with Crippen molar-refractivity contribution in [2.75, 3.05) is 11.9 Å². The third kappa shape index (κ3) is 3.09. The fourth-order valence-electron chi connectivity index (χ4n) is 2.09. The Morgan fingerprint density at radius 1 is 1.10 bits per heavy atom. The zero-order valence-electron chi connectivity index (χ0n) is 14.5. The largest absolute Gasteiger partial charge is 0.495 e. The molecule has 0 radical (unpaired) electrons. The van der Waals surface area contributed by atoms with Crippen LogP contribution in [0.1, 0.15) is 48.5 Å². The summed E-state index contributed by atoms with van der Waals surface area (Å²) in [5, 5.41) is 0. The van der Waals surface area contributed by atoms with Crippen molar-refractivity contribution in [3.05, 3.63) is 18.3 Å². The van der Waals surface area contributed by atoms with Gasteiger partial charge in [-0.2, -0.15) is 0 Å². The van der Waals surface area contributed by atoms with Crippen molar-refractivity contribution in [3.8, 4) is 0 Å². The summed E-state index contributed by atoms with van der Waals surface area (Å²) < 4.78 is 12.2. The quantitative estimate of drug-likeness (QED) is 0.784. The molecule has 0 saturated carbocycles. The normalized spacial score (nSPS) is 20.7. The van der Waals surface area contributed by atoms with Gasteiger partial charge in [0.05, 0.1) is 11.2 Å². The minimum atomic E-state index is -0.342. The van der Waals surface area contributed by atoms with Crippen molar-refractivity contribution in [3.63, 3.8) is 0 Å². The summed E-state index contributed by atoms with van der Waals surface area (Å²) >= 11 is 0. The lowest BCUT2D eigenvalue weighted by atomic mass is 9.79. The number of hydrogen-bond donors (Lipinski definition) is 0. The topological polar surface area (TPSA) is 34.6 Å². The summed E-state index contributed by atoms with van der Waals surface area (Å²) in [6.07, 6.45) is 1.82. The molecule has 1 saturated heterocycles. The van der Waals surface area contributed by atoms with Crippen LogP contribution in [0.4, 0.5) is 5.82 Å². The lowest BCUT2D eigenvalue weighted by molar-refractivity contribution is 0.00578. The molecule has 21 heavy (non-hydrogen) atoms. The standard InChI is InChI=1S/C16H27BN2O2/c1-14(2,3)19(8)13-11-12(9-10-18-13)17-20-15(4,5)16(6,7)21-17/h9-11H,1-8H3. The SMILES string of the molecule is CN(c1cc(B2OC(C)(C)C(C)(C)O2)ccn1)C(C)(C)C. The van der Waals surface area contributed by atoms with Gasteiger partial charge in [0.25, 0.3) is 0 Å². The minimum Gasteiger partial charge on any atom is -0.399 e. The van der Waals surface area contributed by atoms with E-state index in [2.05, 4.69) is 65.4 Å². The van der Waals surface area contributed by atoms with Crippen LogP contribution in [0, 0.1) is 0 Å². The van der Waals surface area contributed by atoms with Crippen molar-refractivity contribution in [1.29, 1.82) is 0 Å². The summed E-state index contributed by atoms with van der Waals surface area (Å²) in [5.74, 6) is 0.926. The van der Waals surface area contributed by atoms with Crippen LogP contribution < -0.4 is 10.4 Å². The van der Waals surface area contributed by atoms with E-state index in [9.17, 15) is 0 Å². The van der Waals surface area contributed by atoms with Crippen molar-refractivity contribution in [2.24, 2.45) is 0 Å². The van der Waals surface area contributed by atoms with Gasteiger partial charge in [-0.15, -0.1) is 0 Å². The van der Waals surface area contributed by atoms with Crippen LogP contribution in [0.2, 0.25) is 0 Å². The summed E-state index contributed by atoms with van der Waals surface area (Å²) in [5.41, 5.74) is 0.380. The molecule has 0 unspecified atom stereocenters. The number of nitrogens with zero attached hydrogens (tertiary/aromatic N) is 2. The summed E-state index contributed by atoms with van der Waals surface area (Å²) in [6, 6.07) is 4.01. The molecule has 0 aromatic carbocycles. The van der Waals surface area contributed by atoms with Crippen LogP contribution in [0.5, 0.6) is 0 Å². The third-order valence-electron chi connectivity index (χ3n) is 4.64. The maximum Gasteiger partial charge on any atom is 0.495 e. The highest BCUT2D eigenvalue weighted by Gasteiger charge is 2.51. The monoisotopic (exact) mass is 290 g/mol. The van der Waals surface area contributed by atoms with E-state index in [1.807, 2.05) is 18.3 Å². The average molecular weight is 290 g/mol. The summed E-state index contributed by atoms with van der Waals surface area (Å²) in [4.78, 5) is 6.62. The van der Waals surface area contributed by atoms with E-state index in [1.54, 1.807) is 0 Å². The molecule has 1 aliphatic rings. The molecule has 0 N–H and O–H groups in total. The fourth-order valence-corrected chi connectivity index (χ4v) is 2.09. The molecule has 1 aromatic heterocycles. The number of rotatable bonds is 2. The van der Waals surface area contributed by atoms with Gasteiger partial charge in [-0.3, -0.25) is 0 Å². The van der Waals surface area contributed by atoms with Gasteiger partial charge < -0.3 is 14.2 Å². The Morgan fingerprint density at radius 3 is 2.10 bits per heavy atom. The van der Waals surface area contributed by atoms with Crippen LogP contribution >= 0.6 is 0 Å². The van der Waals surface area contributed by atoms with Gasteiger partial charge in [-0.1, -0.05) is 0 Å². The van der Waals surface area contributed by atoms with Crippen LogP contribution in [-0.4, -0.2) is 35.9 Å². The molecule has 1 aromatic rings. The maximum absolute atomic E-state index is 6.10. The van der Waals surface area contributed by atoms with Crippen molar-refractivity contribution in [2.45, 2.75) is 65.2 Å². The predicted octanol–water partition coefficient (Wildman–Crippen LogP) is 2.62. The summed E-state index contributed by atoms with van der Waals surface area (Å²) in [7, 11) is 1.71. The Balaban J connectivity index is 2.28. The molecular weight excluding hydrogens is 263 g/mol. The van der Waals surface area contributed by atoms with Crippen LogP contribution in [0.25, 0.3) is 0 Å². The van der Waals surface area contributed by atoms with Gasteiger partial charge in [0.15, 0.2) is 0 Å².